The van der Waals surface area contributed by atoms with Crippen LogP contribution in [0.5, 0.6) is 0 Å². The Morgan fingerprint density at radius 2 is 2.22 bits per heavy atom. The van der Waals surface area contributed by atoms with Crippen LogP contribution < -0.4 is 0 Å². The lowest BCUT2D eigenvalue weighted by molar-refractivity contribution is 0.0127. The molecule has 18 heavy (non-hydrogen) atoms. The van der Waals surface area contributed by atoms with E-state index in [2.05, 4.69) is 5.16 Å². The van der Waals surface area contributed by atoms with Crippen molar-refractivity contribution in [2.45, 2.75) is 37.8 Å². The molecule has 0 radical (unpaired) electrons. The summed E-state index contributed by atoms with van der Waals surface area (Å²) in [5.74, 6) is -0.717. The molecule has 1 fully saturated rings. The van der Waals surface area contributed by atoms with Crippen molar-refractivity contribution >= 4 is 5.97 Å². The van der Waals surface area contributed by atoms with E-state index in [1.54, 1.807) is 0 Å². The van der Waals surface area contributed by atoms with Crippen molar-refractivity contribution in [3.8, 4) is 0 Å². The zero-order valence-electron chi connectivity index (χ0n) is 10.4. The monoisotopic (exact) mass is 254 g/mol. The number of rotatable bonds is 5. The highest BCUT2D eigenvalue weighted by Gasteiger charge is 2.32. The lowest BCUT2D eigenvalue weighted by Crippen LogP contribution is -2.38. The molecule has 0 spiro atoms. The van der Waals surface area contributed by atoms with Crippen LogP contribution in [0.3, 0.4) is 0 Å². The van der Waals surface area contributed by atoms with Crippen LogP contribution in [0.2, 0.25) is 0 Å². The van der Waals surface area contributed by atoms with Gasteiger partial charge in [0.1, 0.15) is 5.56 Å². The standard InChI is InChI=1S/C12H18N2O4/c1-14(8-12(17)4-2-3-5-12)7-10-9(11(15)16)6-13-18-10/h6,17H,2-5,7-8H2,1H3,(H,15,16). The van der Waals surface area contributed by atoms with E-state index < -0.39 is 11.6 Å². The van der Waals surface area contributed by atoms with Crippen LogP contribution in [0.25, 0.3) is 0 Å². The fourth-order valence-electron chi connectivity index (χ4n) is 2.55. The molecule has 1 aliphatic carbocycles. The SMILES string of the molecule is CN(Cc1oncc1C(=O)O)CC1(O)CCCC1. The summed E-state index contributed by atoms with van der Waals surface area (Å²) < 4.78 is 4.94. The Balaban J connectivity index is 1.96. The fraction of sp³-hybridized carbons (Fsp3) is 0.667. The second kappa shape index (κ2) is 5.07. The molecule has 2 N–H and O–H groups in total. The highest BCUT2D eigenvalue weighted by Crippen LogP contribution is 2.30. The second-order valence-corrected chi connectivity index (χ2v) is 5.07. The molecule has 0 saturated heterocycles. The number of carboxylic acid groups (broad SMARTS) is 1. The van der Waals surface area contributed by atoms with Crippen LogP contribution in [0.1, 0.15) is 41.8 Å². The third kappa shape index (κ3) is 2.88. The summed E-state index contributed by atoms with van der Waals surface area (Å²) in [5, 5.41) is 22.7. The molecular formula is C12H18N2O4. The molecule has 6 nitrogen and oxygen atoms in total. The molecule has 0 bridgehead atoms. The molecule has 0 aromatic carbocycles. The lowest BCUT2D eigenvalue weighted by Gasteiger charge is -2.27. The average Bonchev–Trinajstić information content (AvgIpc) is 2.87. The van der Waals surface area contributed by atoms with Crippen LogP contribution in [0.15, 0.2) is 10.7 Å². The highest BCUT2D eigenvalue weighted by molar-refractivity contribution is 5.88. The molecule has 0 atom stereocenters. The van der Waals surface area contributed by atoms with Gasteiger partial charge in [-0.25, -0.2) is 4.79 Å². The van der Waals surface area contributed by atoms with Crippen molar-refractivity contribution in [3.63, 3.8) is 0 Å². The summed E-state index contributed by atoms with van der Waals surface area (Å²) in [5.41, 5.74) is -0.557. The Morgan fingerprint density at radius 3 is 2.83 bits per heavy atom. The van der Waals surface area contributed by atoms with Gasteiger partial charge in [-0.3, -0.25) is 4.90 Å². The zero-order chi connectivity index (χ0) is 13.2. The van der Waals surface area contributed by atoms with Crippen LogP contribution >= 0.6 is 0 Å². The summed E-state index contributed by atoms with van der Waals surface area (Å²) in [6, 6.07) is 0. The number of aliphatic hydroxyl groups is 1. The topological polar surface area (TPSA) is 86.8 Å². The average molecular weight is 254 g/mol. The van der Waals surface area contributed by atoms with E-state index in [0.717, 1.165) is 25.7 Å². The third-order valence-corrected chi connectivity index (χ3v) is 3.39. The Morgan fingerprint density at radius 1 is 1.56 bits per heavy atom. The predicted octanol–water partition coefficient (Wildman–Crippen LogP) is 1.11. The molecule has 1 saturated carbocycles. The van der Waals surface area contributed by atoms with Crippen molar-refractivity contribution in [2.24, 2.45) is 0 Å². The number of aromatic carboxylic acids is 1. The Labute approximate surface area is 105 Å². The normalized spacial score (nSPS) is 18.4. The summed E-state index contributed by atoms with van der Waals surface area (Å²) in [7, 11) is 1.84. The van der Waals surface area contributed by atoms with Gasteiger partial charge in [-0.05, 0) is 19.9 Å². The zero-order valence-corrected chi connectivity index (χ0v) is 10.4. The number of nitrogens with zero attached hydrogens (tertiary/aromatic N) is 2. The fourth-order valence-corrected chi connectivity index (χ4v) is 2.55. The van der Waals surface area contributed by atoms with Gasteiger partial charge in [-0.1, -0.05) is 18.0 Å². The number of aromatic nitrogens is 1. The van der Waals surface area contributed by atoms with Gasteiger partial charge >= 0.3 is 5.97 Å². The van der Waals surface area contributed by atoms with Gasteiger partial charge in [-0.2, -0.15) is 0 Å². The van der Waals surface area contributed by atoms with Crippen LogP contribution in [-0.2, 0) is 6.54 Å². The molecule has 0 amide bonds. The van der Waals surface area contributed by atoms with Crippen molar-refractivity contribution in [3.05, 3.63) is 17.5 Å². The number of carboxylic acids is 1. The first-order chi connectivity index (χ1) is 8.50. The van der Waals surface area contributed by atoms with Crippen LogP contribution in [-0.4, -0.2) is 45.4 Å². The third-order valence-electron chi connectivity index (χ3n) is 3.39. The van der Waals surface area contributed by atoms with Crippen molar-refractivity contribution in [2.75, 3.05) is 13.6 Å². The molecule has 1 aliphatic rings. The molecule has 0 unspecified atom stereocenters. The van der Waals surface area contributed by atoms with Gasteiger partial charge in [0.25, 0.3) is 0 Å². The quantitative estimate of drug-likeness (QED) is 0.818. The van der Waals surface area contributed by atoms with Gasteiger partial charge in [0.05, 0.1) is 18.3 Å². The predicted molar refractivity (Wildman–Crippen MR) is 63.2 cm³/mol. The molecule has 6 heteroatoms. The molecular weight excluding hydrogens is 236 g/mol. The van der Waals surface area contributed by atoms with Crippen LogP contribution in [0.4, 0.5) is 0 Å². The summed E-state index contributed by atoms with van der Waals surface area (Å²) in [6.45, 7) is 0.858. The Hall–Kier alpha value is -1.40. The minimum absolute atomic E-state index is 0.0836. The van der Waals surface area contributed by atoms with Gasteiger partial charge < -0.3 is 14.7 Å². The maximum absolute atomic E-state index is 10.9. The molecule has 1 aromatic heterocycles. The summed E-state index contributed by atoms with van der Waals surface area (Å²) in [4.78, 5) is 12.8. The van der Waals surface area contributed by atoms with Crippen LogP contribution in [0, 0.1) is 0 Å². The number of likely N-dealkylation sites (N-methyl/N-ethyl adjacent to an activating group) is 1. The minimum Gasteiger partial charge on any atom is -0.478 e. The Bertz CT molecular complexity index is 423. The van der Waals surface area contributed by atoms with E-state index in [0.29, 0.717) is 18.8 Å². The van der Waals surface area contributed by atoms with Gasteiger partial charge in [0, 0.05) is 6.54 Å². The van der Waals surface area contributed by atoms with Gasteiger partial charge in [-0.15, -0.1) is 0 Å². The van der Waals surface area contributed by atoms with Crippen molar-refractivity contribution in [1.29, 1.82) is 0 Å². The van der Waals surface area contributed by atoms with E-state index in [1.165, 1.54) is 6.20 Å². The van der Waals surface area contributed by atoms with E-state index in [-0.39, 0.29) is 5.56 Å². The van der Waals surface area contributed by atoms with E-state index >= 15 is 0 Å². The molecule has 1 aromatic rings. The first kappa shape index (κ1) is 13.0. The molecule has 100 valence electrons. The molecule has 2 rings (SSSR count). The first-order valence-electron chi connectivity index (χ1n) is 6.08. The Kier molecular flexibility index (Phi) is 3.68. The minimum atomic E-state index is -1.04. The first-order valence-corrected chi connectivity index (χ1v) is 6.08. The van der Waals surface area contributed by atoms with Gasteiger partial charge in [0.2, 0.25) is 0 Å². The molecule has 1 heterocycles. The maximum atomic E-state index is 10.9. The second-order valence-electron chi connectivity index (χ2n) is 5.07. The summed E-state index contributed by atoms with van der Waals surface area (Å²) in [6.07, 6.45) is 4.91. The number of hydrogen-bond donors (Lipinski definition) is 2. The van der Waals surface area contributed by atoms with E-state index in [1.807, 2.05) is 11.9 Å². The van der Waals surface area contributed by atoms with Crippen molar-refractivity contribution in [1.82, 2.24) is 10.1 Å². The number of hydrogen-bond acceptors (Lipinski definition) is 5. The molecule has 0 aliphatic heterocycles. The van der Waals surface area contributed by atoms with Gasteiger partial charge in [0.15, 0.2) is 5.76 Å². The smallest absolute Gasteiger partial charge is 0.341 e. The van der Waals surface area contributed by atoms with E-state index in [9.17, 15) is 9.90 Å². The summed E-state index contributed by atoms with van der Waals surface area (Å²) >= 11 is 0. The largest absolute Gasteiger partial charge is 0.478 e. The number of carbonyl (C=O) groups is 1. The highest BCUT2D eigenvalue weighted by atomic mass is 16.5. The maximum Gasteiger partial charge on any atom is 0.341 e. The van der Waals surface area contributed by atoms with E-state index in [4.69, 9.17) is 9.63 Å². The van der Waals surface area contributed by atoms with Crippen molar-refractivity contribution < 1.29 is 19.5 Å². The lowest BCUT2D eigenvalue weighted by atomic mass is 10.0.